The van der Waals surface area contributed by atoms with Gasteiger partial charge in [0.15, 0.2) is 0 Å². The molecular formula is C24H21ClN2O5S. The number of benzene rings is 3. The van der Waals surface area contributed by atoms with Crippen molar-refractivity contribution in [2.24, 2.45) is 0 Å². The molecule has 0 fully saturated rings. The molecule has 0 spiro atoms. The topological polar surface area (TPSA) is 105 Å². The van der Waals surface area contributed by atoms with Crippen molar-refractivity contribution in [3.8, 4) is 5.75 Å². The van der Waals surface area contributed by atoms with E-state index in [0.717, 1.165) is 10.5 Å². The van der Waals surface area contributed by atoms with E-state index in [1.165, 1.54) is 31.0 Å². The summed E-state index contributed by atoms with van der Waals surface area (Å²) in [6.07, 6.45) is 0. The SMILES string of the molecule is COc1cc(Cl)c(C)cc1NC(=O)CSc1ccc(NC(=O)c2ccccc2C(=O)O)cc1. The van der Waals surface area contributed by atoms with Crippen molar-refractivity contribution >= 4 is 52.5 Å². The molecule has 3 aromatic carbocycles. The van der Waals surface area contributed by atoms with Crippen LogP contribution in [0.25, 0.3) is 0 Å². The Bertz CT molecular complexity index is 1200. The molecule has 0 radical (unpaired) electrons. The number of carbonyl (C=O) groups is 3. The van der Waals surface area contributed by atoms with Gasteiger partial charge in [0.25, 0.3) is 5.91 Å². The van der Waals surface area contributed by atoms with Crippen LogP contribution >= 0.6 is 23.4 Å². The summed E-state index contributed by atoms with van der Waals surface area (Å²) >= 11 is 7.42. The molecule has 170 valence electrons. The average molecular weight is 485 g/mol. The molecule has 0 saturated heterocycles. The van der Waals surface area contributed by atoms with Crippen LogP contribution in [0, 0.1) is 6.92 Å². The summed E-state index contributed by atoms with van der Waals surface area (Å²) in [4.78, 5) is 37.0. The van der Waals surface area contributed by atoms with Crippen LogP contribution in [0.2, 0.25) is 5.02 Å². The summed E-state index contributed by atoms with van der Waals surface area (Å²) in [6.45, 7) is 1.84. The molecule has 0 atom stereocenters. The number of carbonyl (C=O) groups excluding carboxylic acids is 2. The molecule has 0 aliphatic rings. The number of carboxylic acid groups (broad SMARTS) is 1. The van der Waals surface area contributed by atoms with Crippen LogP contribution in [-0.2, 0) is 4.79 Å². The second-order valence-corrected chi connectivity index (χ2v) is 8.42. The summed E-state index contributed by atoms with van der Waals surface area (Å²) in [6, 6.07) is 16.3. The minimum atomic E-state index is -1.17. The van der Waals surface area contributed by atoms with E-state index in [1.807, 2.05) is 6.92 Å². The second kappa shape index (κ2) is 10.9. The molecule has 2 amide bonds. The first-order valence-electron chi connectivity index (χ1n) is 9.79. The van der Waals surface area contributed by atoms with Gasteiger partial charge in [0, 0.05) is 21.7 Å². The highest BCUT2D eigenvalue weighted by Crippen LogP contribution is 2.31. The van der Waals surface area contributed by atoms with Crippen LogP contribution < -0.4 is 15.4 Å². The van der Waals surface area contributed by atoms with Crippen molar-refractivity contribution in [2.75, 3.05) is 23.5 Å². The van der Waals surface area contributed by atoms with Crippen molar-refractivity contribution in [2.45, 2.75) is 11.8 Å². The molecule has 33 heavy (non-hydrogen) atoms. The molecular weight excluding hydrogens is 464 g/mol. The molecule has 3 aromatic rings. The molecule has 0 heterocycles. The van der Waals surface area contributed by atoms with E-state index in [1.54, 1.807) is 48.5 Å². The van der Waals surface area contributed by atoms with Crippen molar-refractivity contribution in [1.29, 1.82) is 0 Å². The minimum absolute atomic E-state index is 0.0688. The van der Waals surface area contributed by atoms with Gasteiger partial charge in [-0.3, -0.25) is 9.59 Å². The van der Waals surface area contributed by atoms with E-state index in [9.17, 15) is 19.5 Å². The fourth-order valence-electron chi connectivity index (χ4n) is 2.97. The molecule has 0 aliphatic carbocycles. The first-order chi connectivity index (χ1) is 15.8. The summed E-state index contributed by atoms with van der Waals surface area (Å²) in [7, 11) is 1.51. The molecule has 0 aliphatic heterocycles. The maximum atomic E-state index is 12.5. The van der Waals surface area contributed by atoms with E-state index < -0.39 is 11.9 Å². The summed E-state index contributed by atoms with van der Waals surface area (Å²) in [5.41, 5.74) is 1.89. The van der Waals surface area contributed by atoms with Crippen LogP contribution in [0.5, 0.6) is 5.75 Å². The van der Waals surface area contributed by atoms with Crippen LogP contribution in [0.4, 0.5) is 11.4 Å². The van der Waals surface area contributed by atoms with Gasteiger partial charge in [-0.25, -0.2) is 4.79 Å². The van der Waals surface area contributed by atoms with Gasteiger partial charge in [-0.15, -0.1) is 11.8 Å². The number of methoxy groups -OCH3 is 1. The van der Waals surface area contributed by atoms with E-state index in [2.05, 4.69) is 10.6 Å². The summed E-state index contributed by atoms with van der Waals surface area (Å²) in [5.74, 6) is -1.24. The molecule has 7 nitrogen and oxygen atoms in total. The molecule has 0 bridgehead atoms. The predicted octanol–water partition coefficient (Wildman–Crippen LogP) is 5.34. The Kier molecular flexibility index (Phi) is 7.97. The Balaban J connectivity index is 1.58. The smallest absolute Gasteiger partial charge is 0.336 e. The Morgan fingerprint density at radius 1 is 1.00 bits per heavy atom. The molecule has 3 rings (SSSR count). The third-order valence-electron chi connectivity index (χ3n) is 4.64. The van der Waals surface area contributed by atoms with E-state index >= 15 is 0 Å². The molecule has 9 heteroatoms. The van der Waals surface area contributed by atoms with Gasteiger partial charge in [-0.2, -0.15) is 0 Å². The monoisotopic (exact) mass is 484 g/mol. The number of rotatable bonds is 8. The number of hydrogen-bond donors (Lipinski definition) is 3. The highest BCUT2D eigenvalue weighted by atomic mass is 35.5. The Morgan fingerprint density at radius 2 is 1.67 bits per heavy atom. The highest BCUT2D eigenvalue weighted by Gasteiger charge is 2.16. The highest BCUT2D eigenvalue weighted by molar-refractivity contribution is 8.00. The fourth-order valence-corrected chi connectivity index (χ4v) is 3.82. The normalized spacial score (nSPS) is 10.4. The number of aryl methyl sites for hydroxylation is 1. The van der Waals surface area contributed by atoms with Gasteiger partial charge in [-0.05, 0) is 55.0 Å². The van der Waals surface area contributed by atoms with Crippen LogP contribution in [0.1, 0.15) is 26.3 Å². The number of hydrogen-bond acceptors (Lipinski definition) is 5. The number of halogens is 1. The van der Waals surface area contributed by atoms with Crippen LogP contribution in [0.3, 0.4) is 0 Å². The van der Waals surface area contributed by atoms with Crippen LogP contribution in [-0.4, -0.2) is 35.8 Å². The lowest BCUT2D eigenvalue weighted by Gasteiger charge is -2.12. The molecule has 0 aromatic heterocycles. The number of nitrogens with one attached hydrogen (secondary N) is 2. The van der Waals surface area contributed by atoms with Gasteiger partial charge < -0.3 is 20.5 Å². The quantitative estimate of drug-likeness (QED) is 0.373. The first kappa shape index (κ1) is 24.2. The number of aromatic carboxylic acids is 1. The third-order valence-corrected chi connectivity index (χ3v) is 6.06. The Hall–Kier alpha value is -3.49. The van der Waals surface area contributed by atoms with Gasteiger partial charge in [0.1, 0.15) is 5.75 Å². The number of ether oxygens (including phenoxy) is 1. The third kappa shape index (κ3) is 6.27. The average Bonchev–Trinajstić information content (AvgIpc) is 2.80. The fraction of sp³-hybridized carbons (Fsp3) is 0.125. The van der Waals surface area contributed by atoms with Crippen molar-refractivity contribution in [3.05, 3.63) is 82.4 Å². The molecule has 0 unspecified atom stereocenters. The number of carboxylic acids is 1. The maximum absolute atomic E-state index is 12.5. The summed E-state index contributed by atoms with van der Waals surface area (Å²) in [5, 5.41) is 15.3. The Labute approximate surface area is 200 Å². The van der Waals surface area contributed by atoms with Gasteiger partial charge in [-0.1, -0.05) is 23.7 Å². The Morgan fingerprint density at radius 3 is 2.30 bits per heavy atom. The lowest BCUT2D eigenvalue weighted by Crippen LogP contribution is -2.16. The van der Waals surface area contributed by atoms with E-state index in [0.29, 0.717) is 22.1 Å². The zero-order valence-corrected chi connectivity index (χ0v) is 19.4. The zero-order chi connectivity index (χ0) is 24.0. The van der Waals surface area contributed by atoms with Crippen molar-refractivity contribution in [3.63, 3.8) is 0 Å². The van der Waals surface area contributed by atoms with Gasteiger partial charge in [0.2, 0.25) is 5.91 Å². The zero-order valence-electron chi connectivity index (χ0n) is 17.8. The van der Waals surface area contributed by atoms with E-state index in [4.69, 9.17) is 16.3 Å². The standard InChI is InChI=1S/C24H21ClN2O5S/c1-14-11-20(21(32-2)12-19(14)25)27-22(28)13-33-16-9-7-15(8-10-16)26-23(29)17-5-3-4-6-18(17)24(30)31/h3-12H,13H2,1-2H3,(H,26,29)(H,27,28)(H,30,31). The van der Waals surface area contributed by atoms with Crippen molar-refractivity contribution < 1.29 is 24.2 Å². The number of thioether (sulfide) groups is 1. The van der Waals surface area contributed by atoms with Gasteiger partial charge in [0.05, 0.1) is 29.7 Å². The van der Waals surface area contributed by atoms with E-state index in [-0.39, 0.29) is 22.8 Å². The van der Waals surface area contributed by atoms with Crippen LogP contribution in [0.15, 0.2) is 65.6 Å². The lowest BCUT2D eigenvalue weighted by molar-refractivity contribution is -0.113. The number of amides is 2. The second-order valence-electron chi connectivity index (χ2n) is 6.97. The summed E-state index contributed by atoms with van der Waals surface area (Å²) < 4.78 is 5.27. The first-order valence-corrected chi connectivity index (χ1v) is 11.2. The molecule has 3 N–H and O–H groups in total. The lowest BCUT2D eigenvalue weighted by atomic mass is 10.1. The largest absolute Gasteiger partial charge is 0.495 e. The van der Waals surface area contributed by atoms with Gasteiger partial charge >= 0.3 is 5.97 Å². The molecule has 0 saturated carbocycles. The van der Waals surface area contributed by atoms with Crippen molar-refractivity contribution in [1.82, 2.24) is 0 Å². The predicted molar refractivity (Wildman–Crippen MR) is 130 cm³/mol. The minimum Gasteiger partial charge on any atom is -0.495 e. The number of anilines is 2. The maximum Gasteiger partial charge on any atom is 0.336 e.